The lowest BCUT2D eigenvalue weighted by Crippen LogP contribution is -2.57. The van der Waals surface area contributed by atoms with Crippen LogP contribution in [0.5, 0.6) is 0 Å². The lowest BCUT2D eigenvalue weighted by atomic mass is 9.99. The largest absolute Gasteiger partial charge is 0.342 e. The SMILES string of the molecule is CC1(C)O[C@H]2[C@@H](O1)[C@@H](CN)O[C@@H]1OC(C)(C)O[C@@H]12. The Labute approximate surface area is 107 Å². The maximum absolute atomic E-state index is 5.93. The van der Waals surface area contributed by atoms with E-state index in [0.717, 1.165) is 0 Å². The standard InChI is InChI=1S/C12H21NO5/c1-11(2)15-7-6(5-13)14-10-9(8(7)16-11)17-12(3,4)18-10/h6-10H,5,13H2,1-4H3/t6-,7+,8+,9-,10-/m1/s1. The summed E-state index contributed by atoms with van der Waals surface area (Å²) in [5, 5.41) is 0. The van der Waals surface area contributed by atoms with Gasteiger partial charge in [0.25, 0.3) is 0 Å². The molecule has 6 nitrogen and oxygen atoms in total. The predicted octanol–water partition coefficient (Wildman–Crippen LogP) is 0.342. The van der Waals surface area contributed by atoms with E-state index in [4.69, 9.17) is 29.4 Å². The highest BCUT2D eigenvalue weighted by atomic mass is 16.9. The van der Waals surface area contributed by atoms with Crippen LogP contribution in [-0.2, 0) is 23.7 Å². The van der Waals surface area contributed by atoms with Gasteiger partial charge in [0.15, 0.2) is 17.9 Å². The van der Waals surface area contributed by atoms with E-state index in [9.17, 15) is 0 Å². The molecule has 0 saturated carbocycles. The molecular formula is C12H21NO5. The van der Waals surface area contributed by atoms with Gasteiger partial charge in [0.1, 0.15) is 24.4 Å². The summed E-state index contributed by atoms with van der Waals surface area (Å²) >= 11 is 0. The quantitative estimate of drug-likeness (QED) is 0.732. The molecule has 0 radical (unpaired) electrons. The highest BCUT2D eigenvalue weighted by Gasteiger charge is 2.60. The molecule has 2 N–H and O–H groups in total. The second-order valence-electron chi connectivity index (χ2n) is 5.94. The van der Waals surface area contributed by atoms with Crippen molar-refractivity contribution in [3.05, 3.63) is 0 Å². The van der Waals surface area contributed by atoms with Crippen LogP contribution in [0.25, 0.3) is 0 Å². The molecule has 5 atom stereocenters. The normalized spacial score (nSPS) is 48.8. The van der Waals surface area contributed by atoms with Crippen molar-refractivity contribution in [2.45, 2.75) is 70.0 Å². The minimum Gasteiger partial charge on any atom is -0.342 e. The monoisotopic (exact) mass is 259 g/mol. The van der Waals surface area contributed by atoms with Gasteiger partial charge in [-0.2, -0.15) is 0 Å². The molecule has 0 amide bonds. The predicted molar refractivity (Wildman–Crippen MR) is 61.6 cm³/mol. The van der Waals surface area contributed by atoms with E-state index >= 15 is 0 Å². The van der Waals surface area contributed by atoms with Crippen LogP contribution in [0.3, 0.4) is 0 Å². The molecule has 3 heterocycles. The Morgan fingerprint density at radius 3 is 2.06 bits per heavy atom. The fourth-order valence-electron chi connectivity index (χ4n) is 2.88. The second-order valence-corrected chi connectivity index (χ2v) is 5.94. The first kappa shape index (κ1) is 12.8. The zero-order chi connectivity index (χ0) is 13.1. The van der Waals surface area contributed by atoms with Crippen molar-refractivity contribution < 1.29 is 23.7 Å². The van der Waals surface area contributed by atoms with E-state index in [-0.39, 0.29) is 24.4 Å². The molecular weight excluding hydrogens is 238 g/mol. The molecule has 3 rings (SSSR count). The second kappa shape index (κ2) is 3.88. The van der Waals surface area contributed by atoms with Gasteiger partial charge in [-0.25, -0.2) is 0 Å². The third kappa shape index (κ3) is 1.97. The highest BCUT2D eigenvalue weighted by Crippen LogP contribution is 2.43. The van der Waals surface area contributed by atoms with Gasteiger partial charge in [-0.05, 0) is 27.7 Å². The molecule has 0 bridgehead atoms. The summed E-state index contributed by atoms with van der Waals surface area (Å²) in [6.07, 6.45) is -1.34. The summed E-state index contributed by atoms with van der Waals surface area (Å²) in [4.78, 5) is 0. The smallest absolute Gasteiger partial charge is 0.190 e. The Balaban J connectivity index is 1.86. The summed E-state index contributed by atoms with van der Waals surface area (Å²) in [7, 11) is 0. The van der Waals surface area contributed by atoms with Crippen molar-refractivity contribution in [2.75, 3.05) is 6.54 Å². The summed E-state index contributed by atoms with van der Waals surface area (Å²) in [6, 6.07) is 0. The molecule has 0 unspecified atom stereocenters. The number of hydrogen-bond donors (Lipinski definition) is 1. The molecule has 0 spiro atoms. The van der Waals surface area contributed by atoms with E-state index in [0.29, 0.717) is 6.54 Å². The Hall–Kier alpha value is -0.240. The topological polar surface area (TPSA) is 72.2 Å². The molecule has 6 heteroatoms. The molecule has 104 valence electrons. The van der Waals surface area contributed by atoms with Crippen LogP contribution in [0.1, 0.15) is 27.7 Å². The molecule has 0 aromatic rings. The first-order valence-electron chi connectivity index (χ1n) is 6.38. The maximum Gasteiger partial charge on any atom is 0.190 e. The van der Waals surface area contributed by atoms with Crippen LogP contribution < -0.4 is 5.73 Å². The lowest BCUT2D eigenvalue weighted by Gasteiger charge is -2.36. The van der Waals surface area contributed by atoms with Crippen molar-refractivity contribution in [3.8, 4) is 0 Å². The lowest BCUT2D eigenvalue weighted by molar-refractivity contribution is -0.231. The average Bonchev–Trinajstić information content (AvgIpc) is 2.71. The minimum absolute atomic E-state index is 0.200. The summed E-state index contributed by atoms with van der Waals surface area (Å²) < 4.78 is 29.2. The summed E-state index contributed by atoms with van der Waals surface area (Å²) in [5.41, 5.74) is 5.74. The maximum atomic E-state index is 5.93. The molecule has 3 saturated heterocycles. The van der Waals surface area contributed by atoms with Crippen LogP contribution in [0.15, 0.2) is 0 Å². The van der Waals surface area contributed by atoms with Gasteiger partial charge in [-0.3, -0.25) is 0 Å². The third-order valence-corrected chi connectivity index (χ3v) is 3.48. The summed E-state index contributed by atoms with van der Waals surface area (Å²) in [6.45, 7) is 7.86. The molecule has 18 heavy (non-hydrogen) atoms. The number of nitrogens with two attached hydrogens (primary N) is 1. The first-order valence-corrected chi connectivity index (χ1v) is 6.38. The van der Waals surface area contributed by atoms with Crippen LogP contribution >= 0.6 is 0 Å². The van der Waals surface area contributed by atoms with Crippen molar-refractivity contribution in [3.63, 3.8) is 0 Å². The number of hydrogen-bond acceptors (Lipinski definition) is 6. The van der Waals surface area contributed by atoms with Crippen LogP contribution in [0.2, 0.25) is 0 Å². The van der Waals surface area contributed by atoms with Crippen LogP contribution in [-0.4, -0.2) is 48.8 Å². The Kier molecular flexibility index (Phi) is 2.75. The van der Waals surface area contributed by atoms with Gasteiger partial charge < -0.3 is 29.4 Å². The van der Waals surface area contributed by atoms with E-state index in [1.54, 1.807) is 0 Å². The molecule has 3 aliphatic rings. The summed E-state index contributed by atoms with van der Waals surface area (Å²) in [5.74, 6) is -1.31. The van der Waals surface area contributed by atoms with Gasteiger partial charge in [0, 0.05) is 6.54 Å². The fraction of sp³-hybridized carbons (Fsp3) is 1.00. The van der Waals surface area contributed by atoms with Crippen molar-refractivity contribution >= 4 is 0 Å². The van der Waals surface area contributed by atoms with Gasteiger partial charge in [0.2, 0.25) is 0 Å². The fourth-order valence-corrected chi connectivity index (χ4v) is 2.88. The molecule has 0 aromatic heterocycles. The number of ether oxygens (including phenoxy) is 5. The van der Waals surface area contributed by atoms with Crippen molar-refractivity contribution in [1.82, 2.24) is 0 Å². The van der Waals surface area contributed by atoms with E-state index in [1.165, 1.54) is 0 Å². The van der Waals surface area contributed by atoms with Gasteiger partial charge in [0.05, 0.1) is 0 Å². The van der Waals surface area contributed by atoms with Gasteiger partial charge in [-0.1, -0.05) is 0 Å². The molecule has 3 fully saturated rings. The molecule has 0 aromatic carbocycles. The Bertz CT molecular complexity index is 345. The minimum atomic E-state index is -0.667. The Morgan fingerprint density at radius 2 is 1.39 bits per heavy atom. The number of fused-ring (bicyclic) bond motifs is 3. The van der Waals surface area contributed by atoms with E-state index < -0.39 is 17.9 Å². The van der Waals surface area contributed by atoms with Gasteiger partial charge >= 0.3 is 0 Å². The average molecular weight is 259 g/mol. The number of rotatable bonds is 1. The van der Waals surface area contributed by atoms with Crippen molar-refractivity contribution in [2.24, 2.45) is 5.73 Å². The zero-order valence-electron chi connectivity index (χ0n) is 11.2. The highest BCUT2D eigenvalue weighted by molar-refractivity contribution is 5.00. The Morgan fingerprint density at radius 1 is 0.833 bits per heavy atom. The van der Waals surface area contributed by atoms with Gasteiger partial charge in [-0.15, -0.1) is 0 Å². The van der Waals surface area contributed by atoms with Crippen LogP contribution in [0.4, 0.5) is 0 Å². The van der Waals surface area contributed by atoms with E-state index in [2.05, 4.69) is 0 Å². The van der Waals surface area contributed by atoms with E-state index in [1.807, 2.05) is 27.7 Å². The zero-order valence-corrected chi connectivity index (χ0v) is 11.2. The van der Waals surface area contributed by atoms with Crippen molar-refractivity contribution in [1.29, 1.82) is 0 Å². The molecule has 3 aliphatic heterocycles. The third-order valence-electron chi connectivity index (χ3n) is 3.48. The van der Waals surface area contributed by atoms with Crippen LogP contribution in [0, 0.1) is 0 Å². The first-order chi connectivity index (χ1) is 8.31. The molecule has 0 aliphatic carbocycles.